The van der Waals surface area contributed by atoms with Crippen molar-refractivity contribution in [2.75, 3.05) is 7.05 Å². The van der Waals surface area contributed by atoms with E-state index < -0.39 is 0 Å². The molecule has 0 aliphatic rings. The first kappa shape index (κ1) is 13.7. The number of benzene rings is 1. The molecule has 0 saturated carbocycles. The van der Waals surface area contributed by atoms with Crippen LogP contribution in [0.1, 0.15) is 23.1 Å². The monoisotopic (exact) mass is 324 g/mol. The zero-order chi connectivity index (χ0) is 13.1. The van der Waals surface area contributed by atoms with E-state index in [-0.39, 0.29) is 0 Å². The molecule has 0 fully saturated rings. The minimum absolute atomic E-state index is 0.893. The highest BCUT2D eigenvalue weighted by Crippen LogP contribution is 2.33. The van der Waals surface area contributed by atoms with Crippen molar-refractivity contribution < 1.29 is 0 Å². The first-order valence-electron chi connectivity index (χ1n) is 6.05. The molecule has 0 spiro atoms. The fourth-order valence-electron chi connectivity index (χ4n) is 1.87. The van der Waals surface area contributed by atoms with Crippen molar-refractivity contribution in [3.8, 4) is 10.6 Å². The van der Waals surface area contributed by atoms with E-state index in [1.807, 2.05) is 7.05 Å². The lowest BCUT2D eigenvalue weighted by molar-refractivity contribution is 0.815. The highest BCUT2D eigenvalue weighted by molar-refractivity contribution is 9.10. The van der Waals surface area contributed by atoms with Gasteiger partial charge in [0.1, 0.15) is 5.01 Å². The molecule has 4 heteroatoms. The van der Waals surface area contributed by atoms with Crippen LogP contribution in [0.4, 0.5) is 0 Å². The largest absolute Gasteiger partial charge is 0.315 e. The number of hydrogen-bond acceptors (Lipinski definition) is 3. The Morgan fingerprint density at radius 1 is 1.39 bits per heavy atom. The average Bonchev–Trinajstić information content (AvgIpc) is 2.72. The van der Waals surface area contributed by atoms with Gasteiger partial charge in [0.25, 0.3) is 0 Å². The van der Waals surface area contributed by atoms with Crippen molar-refractivity contribution in [3.05, 3.63) is 38.8 Å². The first-order chi connectivity index (χ1) is 8.65. The number of aryl methyl sites for hydroxylation is 2. The van der Waals surface area contributed by atoms with Gasteiger partial charge in [-0.25, -0.2) is 4.98 Å². The SMILES string of the molecule is CCc1nc(-c2ccc(C)cc2Br)sc1CNC. The molecule has 18 heavy (non-hydrogen) atoms. The molecular weight excluding hydrogens is 308 g/mol. The number of hydrogen-bond donors (Lipinski definition) is 1. The number of aromatic nitrogens is 1. The Bertz CT molecular complexity index is 549. The van der Waals surface area contributed by atoms with E-state index in [0.29, 0.717) is 0 Å². The molecule has 1 heterocycles. The van der Waals surface area contributed by atoms with Crippen LogP contribution in [-0.2, 0) is 13.0 Å². The molecule has 0 saturated heterocycles. The summed E-state index contributed by atoms with van der Waals surface area (Å²) in [4.78, 5) is 6.09. The van der Waals surface area contributed by atoms with Gasteiger partial charge in [-0.15, -0.1) is 11.3 Å². The third kappa shape index (κ3) is 2.82. The van der Waals surface area contributed by atoms with E-state index in [0.717, 1.165) is 22.4 Å². The van der Waals surface area contributed by atoms with Crippen LogP contribution >= 0.6 is 27.3 Å². The van der Waals surface area contributed by atoms with Gasteiger partial charge in [-0.2, -0.15) is 0 Å². The van der Waals surface area contributed by atoms with Gasteiger partial charge in [0.05, 0.1) is 5.69 Å². The second-order valence-electron chi connectivity index (χ2n) is 4.26. The predicted octanol–water partition coefficient (Wildman–Crippen LogP) is 4.16. The Morgan fingerprint density at radius 2 is 2.17 bits per heavy atom. The lowest BCUT2D eigenvalue weighted by Gasteiger charge is -2.01. The molecule has 2 nitrogen and oxygen atoms in total. The Hall–Kier alpha value is -0.710. The van der Waals surface area contributed by atoms with Gasteiger partial charge >= 0.3 is 0 Å². The lowest BCUT2D eigenvalue weighted by atomic mass is 10.1. The Balaban J connectivity index is 2.44. The van der Waals surface area contributed by atoms with Gasteiger partial charge in [0, 0.05) is 21.5 Å². The molecule has 0 radical (unpaired) electrons. The number of halogens is 1. The van der Waals surface area contributed by atoms with Gasteiger partial charge in [0.2, 0.25) is 0 Å². The zero-order valence-electron chi connectivity index (χ0n) is 10.9. The third-order valence-electron chi connectivity index (χ3n) is 2.81. The van der Waals surface area contributed by atoms with E-state index in [9.17, 15) is 0 Å². The highest BCUT2D eigenvalue weighted by atomic mass is 79.9. The van der Waals surface area contributed by atoms with Crippen LogP contribution in [-0.4, -0.2) is 12.0 Å². The molecule has 1 aromatic heterocycles. The van der Waals surface area contributed by atoms with E-state index in [4.69, 9.17) is 4.98 Å². The molecule has 1 aromatic carbocycles. The minimum Gasteiger partial charge on any atom is -0.315 e. The summed E-state index contributed by atoms with van der Waals surface area (Å²) < 4.78 is 1.12. The van der Waals surface area contributed by atoms with Gasteiger partial charge < -0.3 is 5.32 Å². The Kier molecular flexibility index (Phi) is 4.54. The van der Waals surface area contributed by atoms with E-state index in [1.54, 1.807) is 11.3 Å². The second kappa shape index (κ2) is 5.95. The van der Waals surface area contributed by atoms with Gasteiger partial charge in [-0.05, 0) is 32.0 Å². The molecule has 2 rings (SSSR count). The molecule has 1 N–H and O–H groups in total. The van der Waals surface area contributed by atoms with Crippen LogP contribution < -0.4 is 5.32 Å². The average molecular weight is 325 g/mol. The molecule has 0 aliphatic carbocycles. The maximum atomic E-state index is 4.76. The third-order valence-corrected chi connectivity index (χ3v) is 4.59. The van der Waals surface area contributed by atoms with Crippen molar-refractivity contribution >= 4 is 27.3 Å². The molecule has 0 bridgehead atoms. The fraction of sp³-hybridized carbons (Fsp3) is 0.357. The molecule has 2 aromatic rings. The molecule has 0 unspecified atom stereocenters. The summed E-state index contributed by atoms with van der Waals surface area (Å²) in [6.07, 6.45) is 0.983. The Labute approximate surface area is 121 Å². The molecule has 96 valence electrons. The summed E-state index contributed by atoms with van der Waals surface area (Å²) in [5, 5.41) is 4.31. The quantitative estimate of drug-likeness (QED) is 0.913. The van der Waals surface area contributed by atoms with Crippen molar-refractivity contribution in [2.45, 2.75) is 26.8 Å². The molecular formula is C14H17BrN2S. The second-order valence-corrected chi connectivity index (χ2v) is 6.19. The Morgan fingerprint density at radius 3 is 2.78 bits per heavy atom. The fourth-order valence-corrected chi connectivity index (χ4v) is 3.88. The van der Waals surface area contributed by atoms with Crippen LogP contribution in [0.2, 0.25) is 0 Å². The van der Waals surface area contributed by atoms with Gasteiger partial charge in [0.15, 0.2) is 0 Å². The number of nitrogens with one attached hydrogen (secondary N) is 1. The summed E-state index contributed by atoms with van der Waals surface area (Å²) in [7, 11) is 1.97. The summed E-state index contributed by atoms with van der Waals surface area (Å²) >= 11 is 5.41. The van der Waals surface area contributed by atoms with E-state index >= 15 is 0 Å². The van der Waals surface area contributed by atoms with E-state index in [2.05, 4.69) is 53.3 Å². The van der Waals surface area contributed by atoms with Crippen molar-refractivity contribution in [1.29, 1.82) is 0 Å². The van der Waals surface area contributed by atoms with Gasteiger partial charge in [-0.3, -0.25) is 0 Å². The summed E-state index contributed by atoms with van der Waals surface area (Å²) in [6.45, 7) is 5.15. The van der Waals surface area contributed by atoms with Crippen LogP contribution in [0, 0.1) is 6.92 Å². The topological polar surface area (TPSA) is 24.9 Å². The molecule has 0 amide bonds. The maximum Gasteiger partial charge on any atom is 0.125 e. The number of thiazole rings is 1. The molecule has 0 aliphatic heterocycles. The molecule has 0 atom stereocenters. The summed E-state index contributed by atoms with van der Waals surface area (Å²) in [5.74, 6) is 0. The first-order valence-corrected chi connectivity index (χ1v) is 7.66. The van der Waals surface area contributed by atoms with E-state index in [1.165, 1.54) is 21.7 Å². The maximum absolute atomic E-state index is 4.76. The van der Waals surface area contributed by atoms with Crippen molar-refractivity contribution in [3.63, 3.8) is 0 Å². The van der Waals surface area contributed by atoms with Crippen LogP contribution in [0.25, 0.3) is 10.6 Å². The predicted molar refractivity (Wildman–Crippen MR) is 82.1 cm³/mol. The van der Waals surface area contributed by atoms with Crippen LogP contribution in [0.3, 0.4) is 0 Å². The minimum atomic E-state index is 0.893. The summed E-state index contributed by atoms with van der Waals surface area (Å²) in [6, 6.07) is 6.41. The number of nitrogens with zero attached hydrogens (tertiary/aromatic N) is 1. The smallest absolute Gasteiger partial charge is 0.125 e. The highest BCUT2D eigenvalue weighted by Gasteiger charge is 2.12. The van der Waals surface area contributed by atoms with Crippen LogP contribution in [0.5, 0.6) is 0 Å². The van der Waals surface area contributed by atoms with Crippen LogP contribution in [0.15, 0.2) is 22.7 Å². The van der Waals surface area contributed by atoms with Crippen molar-refractivity contribution in [2.24, 2.45) is 0 Å². The normalized spacial score (nSPS) is 10.9. The van der Waals surface area contributed by atoms with Crippen molar-refractivity contribution in [1.82, 2.24) is 10.3 Å². The number of rotatable bonds is 4. The summed E-state index contributed by atoms with van der Waals surface area (Å²) in [5.41, 5.74) is 3.65. The standard InChI is InChI=1S/C14H17BrN2S/c1-4-12-13(8-16-3)18-14(17-12)10-6-5-9(2)7-11(10)15/h5-7,16H,4,8H2,1-3H3. The zero-order valence-corrected chi connectivity index (χ0v) is 13.3. The lowest BCUT2D eigenvalue weighted by Crippen LogP contribution is -2.05. The van der Waals surface area contributed by atoms with Gasteiger partial charge in [-0.1, -0.05) is 35.0 Å².